The summed E-state index contributed by atoms with van der Waals surface area (Å²) in [6, 6.07) is 2.09. The molecule has 1 atom stereocenters. The highest BCUT2D eigenvalue weighted by Crippen LogP contribution is 2.31. The van der Waals surface area contributed by atoms with Gasteiger partial charge in [0.2, 0.25) is 5.91 Å². The first-order valence-electron chi connectivity index (χ1n) is 5.03. The Hall–Kier alpha value is -0.490. The summed E-state index contributed by atoms with van der Waals surface area (Å²) in [6.07, 6.45) is 0.389. The van der Waals surface area contributed by atoms with E-state index in [1.54, 1.807) is 0 Å². The van der Waals surface area contributed by atoms with Crippen LogP contribution in [-0.2, 0) is 4.79 Å². The summed E-state index contributed by atoms with van der Waals surface area (Å²) in [5.41, 5.74) is 0.131. The van der Waals surface area contributed by atoms with E-state index in [0.29, 0.717) is 18.3 Å². The van der Waals surface area contributed by atoms with Gasteiger partial charge in [-0.05, 0) is 27.9 Å². The van der Waals surface area contributed by atoms with Gasteiger partial charge in [-0.2, -0.15) is 0 Å². The van der Waals surface area contributed by atoms with Gasteiger partial charge in [0.15, 0.2) is 0 Å². The Kier molecular flexibility index (Phi) is 3.82. The van der Waals surface area contributed by atoms with Gasteiger partial charge >= 0.3 is 0 Å². The molecule has 1 unspecified atom stereocenters. The largest absolute Gasteiger partial charge is 0.309 e. The molecule has 0 aromatic heterocycles. The quantitative estimate of drug-likeness (QED) is 0.578. The number of carbonyl (C=O) groups excluding carboxylic acids is 1. The normalized spacial score (nSPS) is 20.1. The first-order chi connectivity index (χ1) is 8.02. The first kappa shape index (κ1) is 13.0. The molecule has 2 rings (SSSR count). The highest BCUT2D eigenvalue weighted by atomic mass is 79.9. The number of halogens is 4. The van der Waals surface area contributed by atoms with E-state index in [-0.39, 0.29) is 22.0 Å². The van der Waals surface area contributed by atoms with Crippen LogP contribution in [0.1, 0.15) is 6.42 Å². The van der Waals surface area contributed by atoms with E-state index in [2.05, 4.69) is 31.9 Å². The zero-order chi connectivity index (χ0) is 12.6. The van der Waals surface area contributed by atoms with Gasteiger partial charge < -0.3 is 4.90 Å². The number of alkyl halides is 1. The van der Waals surface area contributed by atoms with Crippen molar-refractivity contribution in [2.24, 2.45) is 5.92 Å². The number of carbonyl (C=O) groups is 1. The molecule has 0 aliphatic carbocycles. The fourth-order valence-corrected chi connectivity index (χ4v) is 2.60. The van der Waals surface area contributed by atoms with Gasteiger partial charge in [0, 0.05) is 24.4 Å². The zero-order valence-electron chi connectivity index (χ0n) is 8.72. The molecule has 1 aliphatic heterocycles. The van der Waals surface area contributed by atoms with Crippen molar-refractivity contribution in [2.75, 3.05) is 16.8 Å². The third-order valence-electron chi connectivity index (χ3n) is 2.70. The number of benzene rings is 1. The van der Waals surface area contributed by atoms with Crippen molar-refractivity contribution < 1.29 is 13.6 Å². The zero-order valence-corrected chi connectivity index (χ0v) is 11.9. The van der Waals surface area contributed by atoms with Gasteiger partial charge in [0.1, 0.15) is 11.6 Å². The molecule has 1 aromatic carbocycles. The molecule has 2 nitrogen and oxygen atoms in total. The Bertz CT molecular complexity index is 467. The second kappa shape index (κ2) is 5.02. The summed E-state index contributed by atoms with van der Waals surface area (Å²) in [5, 5.41) is 0.694. The Labute approximate surface area is 114 Å². The summed E-state index contributed by atoms with van der Waals surface area (Å²) < 4.78 is 26.9. The molecule has 17 heavy (non-hydrogen) atoms. The molecule has 1 aromatic rings. The van der Waals surface area contributed by atoms with Crippen LogP contribution < -0.4 is 4.90 Å². The maximum Gasteiger partial charge on any atom is 0.227 e. The Morgan fingerprint density at radius 3 is 2.65 bits per heavy atom. The molecule has 0 N–H and O–H groups in total. The van der Waals surface area contributed by atoms with Gasteiger partial charge in [-0.1, -0.05) is 15.9 Å². The second-order valence-corrected chi connectivity index (χ2v) is 5.45. The summed E-state index contributed by atoms with van der Waals surface area (Å²) in [6.45, 7) is 0.457. The van der Waals surface area contributed by atoms with Crippen molar-refractivity contribution in [1.29, 1.82) is 0 Å². The van der Waals surface area contributed by atoms with Gasteiger partial charge in [0.05, 0.1) is 10.2 Å². The van der Waals surface area contributed by atoms with Crippen LogP contribution in [0.4, 0.5) is 14.5 Å². The van der Waals surface area contributed by atoms with Gasteiger partial charge in [-0.3, -0.25) is 4.79 Å². The van der Waals surface area contributed by atoms with Crippen LogP contribution in [0.3, 0.4) is 0 Å². The van der Waals surface area contributed by atoms with E-state index in [0.717, 1.165) is 6.07 Å². The summed E-state index contributed by atoms with van der Waals surface area (Å²) in [4.78, 5) is 13.1. The lowest BCUT2D eigenvalue weighted by Crippen LogP contribution is -2.25. The minimum atomic E-state index is -0.714. The molecule has 1 fully saturated rings. The van der Waals surface area contributed by atoms with E-state index in [1.807, 2.05) is 0 Å². The molecule has 1 amide bonds. The minimum Gasteiger partial charge on any atom is -0.309 e. The molecule has 0 saturated carbocycles. The van der Waals surface area contributed by atoms with Crippen LogP contribution in [0.2, 0.25) is 0 Å². The smallest absolute Gasteiger partial charge is 0.227 e. The van der Waals surface area contributed by atoms with Crippen LogP contribution in [0.25, 0.3) is 0 Å². The van der Waals surface area contributed by atoms with Crippen LogP contribution in [-0.4, -0.2) is 17.8 Å². The maximum atomic E-state index is 13.6. The molecule has 0 bridgehead atoms. The molecule has 1 aliphatic rings. The molecule has 1 heterocycles. The highest BCUT2D eigenvalue weighted by Gasteiger charge is 2.31. The van der Waals surface area contributed by atoms with Crippen molar-refractivity contribution >= 4 is 43.5 Å². The number of amides is 1. The number of rotatable bonds is 2. The lowest BCUT2D eigenvalue weighted by atomic mass is 10.2. The molecular weight excluding hydrogens is 360 g/mol. The lowest BCUT2D eigenvalue weighted by molar-refractivity contribution is -0.117. The topological polar surface area (TPSA) is 20.3 Å². The summed E-state index contributed by atoms with van der Waals surface area (Å²) >= 11 is 6.30. The van der Waals surface area contributed by atoms with Crippen molar-refractivity contribution in [3.8, 4) is 0 Å². The second-order valence-electron chi connectivity index (χ2n) is 3.95. The average molecular weight is 369 g/mol. The Morgan fingerprint density at radius 2 is 2.06 bits per heavy atom. The summed E-state index contributed by atoms with van der Waals surface area (Å²) in [5.74, 6) is -1.35. The third-order valence-corrected chi connectivity index (χ3v) is 4.23. The van der Waals surface area contributed by atoms with Crippen molar-refractivity contribution in [3.05, 3.63) is 28.2 Å². The van der Waals surface area contributed by atoms with Crippen LogP contribution in [0.5, 0.6) is 0 Å². The Balaban J connectivity index is 2.35. The SMILES string of the molecule is O=C1CC(CBr)CN1c1cc(Br)c(F)cc1F. The molecule has 0 radical (unpaired) electrons. The fourth-order valence-electron chi connectivity index (χ4n) is 1.84. The van der Waals surface area contributed by atoms with E-state index in [9.17, 15) is 13.6 Å². The van der Waals surface area contributed by atoms with Crippen molar-refractivity contribution in [3.63, 3.8) is 0 Å². The van der Waals surface area contributed by atoms with Crippen molar-refractivity contribution in [2.45, 2.75) is 6.42 Å². The number of anilines is 1. The van der Waals surface area contributed by atoms with Gasteiger partial charge in [0.25, 0.3) is 0 Å². The van der Waals surface area contributed by atoms with E-state index >= 15 is 0 Å². The predicted octanol–water partition coefficient (Wildman–Crippen LogP) is 3.48. The number of hydrogen-bond donors (Lipinski definition) is 0. The monoisotopic (exact) mass is 367 g/mol. The average Bonchev–Trinajstić information content (AvgIpc) is 2.65. The third kappa shape index (κ3) is 2.52. The number of nitrogens with zero attached hydrogens (tertiary/aromatic N) is 1. The van der Waals surface area contributed by atoms with Crippen LogP contribution in [0.15, 0.2) is 16.6 Å². The van der Waals surface area contributed by atoms with E-state index < -0.39 is 11.6 Å². The molecule has 6 heteroatoms. The predicted molar refractivity (Wildman–Crippen MR) is 68.3 cm³/mol. The van der Waals surface area contributed by atoms with E-state index in [1.165, 1.54) is 11.0 Å². The summed E-state index contributed by atoms with van der Waals surface area (Å²) in [7, 11) is 0. The molecule has 92 valence electrons. The van der Waals surface area contributed by atoms with Crippen LogP contribution >= 0.6 is 31.9 Å². The van der Waals surface area contributed by atoms with Crippen LogP contribution in [0, 0.1) is 17.6 Å². The lowest BCUT2D eigenvalue weighted by Gasteiger charge is -2.17. The minimum absolute atomic E-state index is 0.131. The maximum absolute atomic E-state index is 13.6. The van der Waals surface area contributed by atoms with Gasteiger partial charge in [-0.25, -0.2) is 8.78 Å². The van der Waals surface area contributed by atoms with E-state index in [4.69, 9.17) is 0 Å². The fraction of sp³-hybridized carbons (Fsp3) is 0.364. The Morgan fingerprint density at radius 1 is 1.35 bits per heavy atom. The van der Waals surface area contributed by atoms with Crippen molar-refractivity contribution in [1.82, 2.24) is 0 Å². The molecular formula is C11H9Br2F2NO. The standard InChI is InChI=1S/C11H9Br2F2NO/c12-4-6-1-11(17)16(5-6)10-2-7(13)8(14)3-9(10)15/h2-3,6H,1,4-5H2. The van der Waals surface area contributed by atoms with Gasteiger partial charge in [-0.15, -0.1) is 0 Å². The first-order valence-corrected chi connectivity index (χ1v) is 6.95. The number of hydrogen-bond acceptors (Lipinski definition) is 1. The molecule has 1 saturated heterocycles. The molecule has 0 spiro atoms. The highest BCUT2D eigenvalue weighted by molar-refractivity contribution is 9.10.